The first-order valence-electron chi connectivity index (χ1n) is 6.05. The van der Waals surface area contributed by atoms with Crippen molar-refractivity contribution in [2.75, 3.05) is 26.7 Å². The summed E-state index contributed by atoms with van der Waals surface area (Å²) in [6.45, 7) is 3.90. The average molecular weight is 351 g/mol. The van der Waals surface area contributed by atoms with Crippen LogP contribution in [0.4, 0.5) is 0 Å². The van der Waals surface area contributed by atoms with Gasteiger partial charge in [0.1, 0.15) is 5.75 Å². The highest BCUT2D eigenvalue weighted by atomic mass is 79.9. The molecule has 1 aromatic rings. The second-order valence-electron chi connectivity index (χ2n) is 3.94. The van der Waals surface area contributed by atoms with Crippen molar-refractivity contribution in [3.63, 3.8) is 0 Å². The molecular formula is C12H19BrN2O3S. The Morgan fingerprint density at radius 2 is 2.00 bits per heavy atom. The molecule has 5 nitrogen and oxygen atoms in total. The van der Waals surface area contributed by atoms with Gasteiger partial charge in [0.2, 0.25) is 10.0 Å². The van der Waals surface area contributed by atoms with Crippen LogP contribution in [-0.2, 0) is 10.0 Å². The fraction of sp³-hybridized carbons (Fsp3) is 0.500. The molecule has 1 aromatic carbocycles. The minimum atomic E-state index is -3.53. The minimum Gasteiger partial charge on any atom is -0.497 e. The molecule has 0 spiro atoms. The maximum Gasteiger partial charge on any atom is 0.241 e. The van der Waals surface area contributed by atoms with Gasteiger partial charge >= 0.3 is 0 Å². The van der Waals surface area contributed by atoms with Gasteiger partial charge in [-0.05, 0) is 41.0 Å². The van der Waals surface area contributed by atoms with Crippen LogP contribution in [0.5, 0.6) is 5.75 Å². The summed E-state index contributed by atoms with van der Waals surface area (Å²) in [6, 6.07) is 4.85. The number of hydrogen-bond donors (Lipinski definition) is 2. The second kappa shape index (κ2) is 7.84. The lowest BCUT2D eigenvalue weighted by molar-refractivity contribution is 0.413. The summed E-state index contributed by atoms with van der Waals surface area (Å²) in [5, 5.41) is 3.13. The fourth-order valence-corrected chi connectivity index (χ4v) is 3.48. The number of hydrogen-bond acceptors (Lipinski definition) is 4. The van der Waals surface area contributed by atoms with Gasteiger partial charge in [-0.15, -0.1) is 0 Å². The van der Waals surface area contributed by atoms with Gasteiger partial charge < -0.3 is 10.1 Å². The van der Waals surface area contributed by atoms with Crippen LogP contribution >= 0.6 is 15.9 Å². The van der Waals surface area contributed by atoms with E-state index in [1.54, 1.807) is 12.1 Å². The molecule has 0 atom stereocenters. The van der Waals surface area contributed by atoms with E-state index in [-0.39, 0.29) is 4.90 Å². The summed E-state index contributed by atoms with van der Waals surface area (Å²) in [5.74, 6) is 0.507. The Labute approximate surface area is 122 Å². The van der Waals surface area contributed by atoms with E-state index in [0.717, 1.165) is 13.0 Å². The van der Waals surface area contributed by atoms with Crippen LogP contribution in [-0.4, -0.2) is 35.2 Å². The molecule has 0 bridgehead atoms. The van der Waals surface area contributed by atoms with Crippen molar-refractivity contribution in [1.82, 2.24) is 10.0 Å². The number of rotatable bonds is 8. The zero-order valence-electron chi connectivity index (χ0n) is 11.1. The lowest BCUT2D eigenvalue weighted by Crippen LogP contribution is -2.32. The zero-order chi connectivity index (χ0) is 14.3. The summed E-state index contributed by atoms with van der Waals surface area (Å²) in [7, 11) is -2.03. The number of ether oxygens (including phenoxy) is 1. The third-order valence-electron chi connectivity index (χ3n) is 2.45. The van der Waals surface area contributed by atoms with Gasteiger partial charge in [0.15, 0.2) is 0 Å². The molecule has 108 valence electrons. The van der Waals surface area contributed by atoms with Crippen molar-refractivity contribution >= 4 is 26.0 Å². The summed E-state index contributed by atoms with van der Waals surface area (Å²) < 4.78 is 32.4. The Hall–Kier alpha value is -0.630. The number of benzene rings is 1. The fourth-order valence-electron chi connectivity index (χ4n) is 1.47. The lowest BCUT2D eigenvalue weighted by Gasteiger charge is -2.10. The van der Waals surface area contributed by atoms with Crippen molar-refractivity contribution in [1.29, 1.82) is 0 Å². The molecule has 0 amide bonds. The summed E-state index contributed by atoms with van der Waals surface area (Å²) >= 11 is 3.24. The normalized spacial score (nSPS) is 11.5. The van der Waals surface area contributed by atoms with E-state index in [9.17, 15) is 8.42 Å². The molecule has 0 aromatic heterocycles. The molecule has 0 aliphatic carbocycles. The Morgan fingerprint density at radius 1 is 1.26 bits per heavy atom. The SMILES string of the molecule is CCCNCCNS(=O)(=O)c1cc(OC)ccc1Br. The number of methoxy groups -OCH3 is 1. The average Bonchev–Trinajstić information content (AvgIpc) is 2.39. The van der Waals surface area contributed by atoms with E-state index < -0.39 is 10.0 Å². The maximum absolute atomic E-state index is 12.1. The van der Waals surface area contributed by atoms with Gasteiger partial charge in [0.05, 0.1) is 12.0 Å². The van der Waals surface area contributed by atoms with E-state index in [2.05, 4.69) is 32.9 Å². The first-order valence-corrected chi connectivity index (χ1v) is 8.32. The first-order chi connectivity index (χ1) is 9.01. The smallest absolute Gasteiger partial charge is 0.241 e. The Morgan fingerprint density at radius 3 is 2.63 bits per heavy atom. The molecule has 1 rings (SSSR count). The third-order valence-corrected chi connectivity index (χ3v) is 4.90. The monoisotopic (exact) mass is 350 g/mol. The van der Waals surface area contributed by atoms with Crippen molar-refractivity contribution in [3.8, 4) is 5.75 Å². The van der Waals surface area contributed by atoms with E-state index in [4.69, 9.17) is 4.74 Å². The van der Waals surface area contributed by atoms with Crippen LogP contribution in [0.2, 0.25) is 0 Å². The largest absolute Gasteiger partial charge is 0.497 e. The number of halogens is 1. The van der Waals surface area contributed by atoms with E-state index in [1.807, 2.05) is 0 Å². The van der Waals surface area contributed by atoms with Crippen LogP contribution in [0.3, 0.4) is 0 Å². The first kappa shape index (κ1) is 16.4. The molecule has 0 radical (unpaired) electrons. The van der Waals surface area contributed by atoms with Crippen molar-refractivity contribution in [2.45, 2.75) is 18.2 Å². The molecule has 2 N–H and O–H groups in total. The molecule has 0 aliphatic heterocycles. The van der Waals surface area contributed by atoms with E-state index >= 15 is 0 Å². The minimum absolute atomic E-state index is 0.183. The standard InChI is InChI=1S/C12H19BrN2O3S/c1-3-6-14-7-8-15-19(16,17)12-9-10(18-2)4-5-11(12)13/h4-5,9,14-15H,3,6-8H2,1-2H3. The molecule has 0 aliphatic rings. The number of nitrogens with one attached hydrogen (secondary N) is 2. The Balaban J connectivity index is 2.71. The molecule has 7 heteroatoms. The predicted octanol–water partition coefficient (Wildman–Crippen LogP) is 1.74. The van der Waals surface area contributed by atoms with Crippen LogP contribution in [0.25, 0.3) is 0 Å². The van der Waals surface area contributed by atoms with Gasteiger partial charge in [-0.1, -0.05) is 6.92 Å². The van der Waals surface area contributed by atoms with Crippen molar-refractivity contribution < 1.29 is 13.2 Å². The molecular weight excluding hydrogens is 332 g/mol. The summed E-state index contributed by atoms with van der Waals surface area (Å²) in [6.07, 6.45) is 1.02. The molecule has 0 fully saturated rings. The Bertz CT molecular complexity index is 506. The maximum atomic E-state index is 12.1. The van der Waals surface area contributed by atoms with Gasteiger partial charge in [-0.25, -0.2) is 13.1 Å². The molecule has 0 heterocycles. The van der Waals surface area contributed by atoms with Crippen LogP contribution in [0, 0.1) is 0 Å². The highest BCUT2D eigenvalue weighted by Crippen LogP contribution is 2.26. The third kappa shape index (κ3) is 5.10. The predicted molar refractivity (Wildman–Crippen MR) is 79.0 cm³/mol. The van der Waals surface area contributed by atoms with Gasteiger partial charge in [-0.3, -0.25) is 0 Å². The lowest BCUT2D eigenvalue weighted by atomic mass is 10.3. The summed E-state index contributed by atoms with van der Waals surface area (Å²) in [5.41, 5.74) is 0. The quantitative estimate of drug-likeness (QED) is 0.700. The summed E-state index contributed by atoms with van der Waals surface area (Å²) in [4.78, 5) is 0.183. The van der Waals surface area contributed by atoms with Gasteiger partial charge in [0, 0.05) is 23.6 Å². The van der Waals surface area contributed by atoms with Crippen molar-refractivity contribution in [3.05, 3.63) is 22.7 Å². The molecule has 0 saturated carbocycles. The van der Waals surface area contributed by atoms with Crippen molar-refractivity contribution in [2.24, 2.45) is 0 Å². The van der Waals surface area contributed by atoms with E-state index in [0.29, 0.717) is 23.3 Å². The van der Waals surface area contributed by atoms with Gasteiger partial charge in [-0.2, -0.15) is 0 Å². The van der Waals surface area contributed by atoms with Crippen LogP contribution in [0.15, 0.2) is 27.6 Å². The second-order valence-corrected chi connectivity index (χ2v) is 6.53. The Kier molecular flexibility index (Phi) is 6.78. The molecule has 0 saturated heterocycles. The van der Waals surface area contributed by atoms with Crippen LogP contribution < -0.4 is 14.8 Å². The molecule has 0 unspecified atom stereocenters. The molecule has 19 heavy (non-hydrogen) atoms. The topological polar surface area (TPSA) is 67.4 Å². The zero-order valence-corrected chi connectivity index (χ0v) is 13.5. The highest BCUT2D eigenvalue weighted by Gasteiger charge is 2.17. The highest BCUT2D eigenvalue weighted by molar-refractivity contribution is 9.10. The van der Waals surface area contributed by atoms with Crippen LogP contribution in [0.1, 0.15) is 13.3 Å². The van der Waals surface area contributed by atoms with E-state index in [1.165, 1.54) is 13.2 Å². The number of sulfonamides is 1. The van der Waals surface area contributed by atoms with Gasteiger partial charge in [0.25, 0.3) is 0 Å².